The zero-order valence-corrected chi connectivity index (χ0v) is 18.1. The molecular formula is C22H28F3N5O3. The number of carbonyl (C=O) groups is 1. The van der Waals surface area contributed by atoms with E-state index in [1.54, 1.807) is 9.80 Å². The van der Waals surface area contributed by atoms with Crippen molar-refractivity contribution in [2.75, 3.05) is 57.9 Å². The molecule has 3 heterocycles. The third-order valence-electron chi connectivity index (χ3n) is 6.17. The first-order valence-electron chi connectivity index (χ1n) is 11.0. The molecule has 0 spiro atoms. The molecule has 180 valence electrons. The molecule has 11 heteroatoms. The van der Waals surface area contributed by atoms with E-state index in [0.717, 1.165) is 23.4 Å². The number of morpholine rings is 1. The molecular weight excluding hydrogens is 439 g/mol. The van der Waals surface area contributed by atoms with Crippen molar-refractivity contribution in [2.45, 2.75) is 24.4 Å². The molecule has 3 N–H and O–H groups in total. The Morgan fingerprint density at radius 3 is 2.52 bits per heavy atom. The molecule has 0 aliphatic carbocycles. The highest BCUT2D eigenvalue weighted by Crippen LogP contribution is 2.37. The molecule has 2 aliphatic rings. The fraction of sp³-hybridized carbons (Fsp3) is 0.545. The average molecular weight is 467 g/mol. The van der Waals surface area contributed by atoms with E-state index in [0.29, 0.717) is 58.2 Å². The van der Waals surface area contributed by atoms with Gasteiger partial charge in [0.15, 0.2) is 0 Å². The van der Waals surface area contributed by atoms with Gasteiger partial charge in [0.2, 0.25) is 0 Å². The quantitative estimate of drug-likeness (QED) is 0.629. The fourth-order valence-electron chi connectivity index (χ4n) is 4.44. The highest BCUT2D eigenvalue weighted by molar-refractivity contribution is 5.75. The Labute approximate surface area is 189 Å². The Morgan fingerprint density at radius 2 is 1.85 bits per heavy atom. The van der Waals surface area contributed by atoms with E-state index in [4.69, 9.17) is 9.84 Å². The number of piperidine rings is 1. The van der Waals surface area contributed by atoms with Gasteiger partial charge in [-0.1, -0.05) is 12.1 Å². The number of alkyl halides is 3. The summed E-state index contributed by atoms with van der Waals surface area (Å²) in [7, 11) is 0. The number of nitrogens with one attached hydrogen (secondary N) is 2. The van der Waals surface area contributed by atoms with E-state index >= 15 is 0 Å². The van der Waals surface area contributed by atoms with Gasteiger partial charge >= 0.3 is 12.2 Å². The number of halogens is 3. The lowest BCUT2D eigenvalue weighted by Crippen LogP contribution is -2.52. The van der Waals surface area contributed by atoms with Crippen LogP contribution in [0.25, 0.3) is 0 Å². The number of likely N-dealkylation sites (tertiary alicyclic amines) is 1. The maximum absolute atomic E-state index is 13.2. The van der Waals surface area contributed by atoms with E-state index in [9.17, 15) is 18.0 Å². The van der Waals surface area contributed by atoms with Crippen LogP contribution in [-0.2, 0) is 10.9 Å². The van der Waals surface area contributed by atoms with Crippen LogP contribution in [0, 0.1) is 0 Å². The molecule has 1 aromatic heterocycles. The molecule has 2 unspecified atom stereocenters. The van der Waals surface area contributed by atoms with Gasteiger partial charge in [-0.2, -0.15) is 18.3 Å². The molecule has 2 saturated heterocycles. The minimum absolute atomic E-state index is 0.0244. The number of carbonyl (C=O) groups excluding carboxylic acids is 1. The number of benzene rings is 1. The first-order chi connectivity index (χ1) is 15.8. The molecule has 4 rings (SSSR count). The van der Waals surface area contributed by atoms with Crippen molar-refractivity contribution in [3.8, 4) is 0 Å². The molecule has 2 fully saturated rings. The Kier molecular flexibility index (Phi) is 7.08. The molecule has 8 nitrogen and oxygen atoms in total. The number of ether oxygens (including phenoxy) is 1. The number of nitrogens with zero attached hydrogens (tertiary/aromatic N) is 3. The van der Waals surface area contributed by atoms with Crippen molar-refractivity contribution < 1.29 is 27.8 Å². The summed E-state index contributed by atoms with van der Waals surface area (Å²) in [4.78, 5) is 16.8. The summed E-state index contributed by atoms with van der Waals surface area (Å²) in [5.41, 5.74) is 0.922. The summed E-state index contributed by atoms with van der Waals surface area (Å²) in [5, 5.41) is 19.2. The summed E-state index contributed by atoms with van der Waals surface area (Å²) in [5.74, 6) is 0.420. The summed E-state index contributed by atoms with van der Waals surface area (Å²) in [6.07, 6.45) is -3.72. The summed E-state index contributed by atoms with van der Waals surface area (Å²) < 4.78 is 44.4. The standard InChI is InChI=1S/C22H28F3N5O3/c23-22(24,25)18-3-1-15(2-4-18)16-11-17(19-12-20(28-27-19)26-5-8-31)14-30(13-16)21(32)29-6-9-33-10-7-29/h1-4,12,16-17,31H,5-11,13-14H2,(H2,26,27,28). The van der Waals surface area contributed by atoms with Gasteiger partial charge < -0.3 is 25.0 Å². The number of hydrogen-bond donors (Lipinski definition) is 3. The van der Waals surface area contributed by atoms with Crippen LogP contribution in [0.3, 0.4) is 0 Å². The molecule has 1 aromatic carbocycles. The summed E-state index contributed by atoms with van der Waals surface area (Å²) in [6, 6.07) is 6.98. The molecule has 33 heavy (non-hydrogen) atoms. The number of aliphatic hydroxyl groups excluding tert-OH is 1. The van der Waals surface area contributed by atoms with Crippen molar-refractivity contribution >= 4 is 11.8 Å². The molecule has 0 bridgehead atoms. The second-order valence-electron chi connectivity index (χ2n) is 8.40. The number of aromatic amines is 1. The number of aromatic nitrogens is 2. The topological polar surface area (TPSA) is 93.7 Å². The number of urea groups is 1. The molecule has 0 saturated carbocycles. The Bertz CT molecular complexity index is 928. The number of H-pyrrole nitrogens is 1. The number of anilines is 1. The smallest absolute Gasteiger partial charge is 0.395 e. The fourth-order valence-corrected chi connectivity index (χ4v) is 4.44. The normalized spacial score (nSPS) is 21.8. The van der Waals surface area contributed by atoms with Crippen molar-refractivity contribution in [2.24, 2.45) is 0 Å². The van der Waals surface area contributed by atoms with Gasteiger partial charge in [-0.05, 0) is 24.1 Å². The number of amides is 2. The zero-order valence-electron chi connectivity index (χ0n) is 18.1. The number of rotatable bonds is 5. The molecule has 2 aromatic rings. The summed E-state index contributed by atoms with van der Waals surface area (Å²) >= 11 is 0. The highest BCUT2D eigenvalue weighted by atomic mass is 19.4. The Morgan fingerprint density at radius 1 is 1.15 bits per heavy atom. The second kappa shape index (κ2) is 10.0. The van der Waals surface area contributed by atoms with E-state index in [-0.39, 0.29) is 24.5 Å². The predicted octanol–water partition coefficient (Wildman–Crippen LogP) is 2.86. The molecule has 2 atom stereocenters. The number of hydrogen-bond acceptors (Lipinski definition) is 5. The average Bonchev–Trinajstić information content (AvgIpc) is 3.31. The van der Waals surface area contributed by atoms with Crippen molar-refractivity contribution in [1.29, 1.82) is 0 Å². The third kappa shape index (κ3) is 5.59. The minimum atomic E-state index is -4.39. The zero-order chi connectivity index (χ0) is 23.4. The van der Waals surface area contributed by atoms with Gasteiger partial charge in [-0.25, -0.2) is 4.79 Å². The van der Waals surface area contributed by atoms with Crippen LogP contribution >= 0.6 is 0 Å². The number of aliphatic hydroxyl groups is 1. The Balaban J connectivity index is 1.56. The van der Waals surface area contributed by atoms with Gasteiger partial charge in [0.25, 0.3) is 0 Å². The lowest BCUT2D eigenvalue weighted by Gasteiger charge is -2.41. The second-order valence-corrected chi connectivity index (χ2v) is 8.40. The van der Waals surface area contributed by atoms with E-state index in [1.165, 1.54) is 12.1 Å². The minimum Gasteiger partial charge on any atom is -0.395 e. The maximum Gasteiger partial charge on any atom is 0.416 e. The van der Waals surface area contributed by atoms with Crippen molar-refractivity contribution in [3.05, 3.63) is 47.2 Å². The van der Waals surface area contributed by atoms with E-state index < -0.39 is 11.7 Å². The van der Waals surface area contributed by atoms with Crippen LogP contribution in [0.5, 0.6) is 0 Å². The molecule has 2 amide bonds. The lowest BCUT2D eigenvalue weighted by molar-refractivity contribution is -0.137. The van der Waals surface area contributed by atoms with Gasteiger partial charge in [0.1, 0.15) is 5.82 Å². The van der Waals surface area contributed by atoms with Crippen LogP contribution in [0.1, 0.15) is 35.1 Å². The van der Waals surface area contributed by atoms with Crippen LogP contribution in [0.15, 0.2) is 30.3 Å². The van der Waals surface area contributed by atoms with Gasteiger partial charge in [0.05, 0.1) is 25.4 Å². The van der Waals surface area contributed by atoms with Gasteiger partial charge in [-0.3, -0.25) is 5.10 Å². The summed E-state index contributed by atoms with van der Waals surface area (Å²) in [6.45, 7) is 3.27. The molecule has 2 aliphatic heterocycles. The van der Waals surface area contributed by atoms with Crippen LogP contribution < -0.4 is 5.32 Å². The monoisotopic (exact) mass is 467 g/mol. The van der Waals surface area contributed by atoms with Crippen LogP contribution in [0.4, 0.5) is 23.8 Å². The van der Waals surface area contributed by atoms with Gasteiger partial charge in [0, 0.05) is 56.3 Å². The first-order valence-corrected chi connectivity index (χ1v) is 11.0. The van der Waals surface area contributed by atoms with Crippen molar-refractivity contribution in [1.82, 2.24) is 20.0 Å². The largest absolute Gasteiger partial charge is 0.416 e. The Hall–Kier alpha value is -2.79. The van der Waals surface area contributed by atoms with Gasteiger partial charge in [-0.15, -0.1) is 0 Å². The van der Waals surface area contributed by atoms with Crippen LogP contribution in [-0.4, -0.2) is 83.7 Å². The first kappa shape index (κ1) is 23.4. The highest BCUT2D eigenvalue weighted by Gasteiger charge is 2.36. The SMILES string of the molecule is O=C(N1CCOCC1)N1CC(c2ccc(C(F)(F)F)cc2)CC(c2cc(NCCO)n[nH]2)C1. The molecule has 0 radical (unpaired) electrons. The van der Waals surface area contributed by atoms with E-state index in [1.807, 2.05) is 6.07 Å². The predicted molar refractivity (Wildman–Crippen MR) is 115 cm³/mol. The van der Waals surface area contributed by atoms with Crippen molar-refractivity contribution in [3.63, 3.8) is 0 Å². The third-order valence-corrected chi connectivity index (χ3v) is 6.17. The lowest BCUT2D eigenvalue weighted by atomic mass is 9.83. The maximum atomic E-state index is 13.2. The van der Waals surface area contributed by atoms with E-state index in [2.05, 4.69) is 15.5 Å². The van der Waals surface area contributed by atoms with Crippen LogP contribution in [0.2, 0.25) is 0 Å².